The number of benzene rings is 2. The molecule has 148 valence electrons. The largest absolute Gasteiger partial charge is 0.481 e. The fourth-order valence-corrected chi connectivity index (χ4v) is 3.37. The number of rotatable bonds is 7. The van der Waals surface area contributed by atoms with E-state index in [1.54, 1.807) is 12.1 Å². The van der Waals surface area contributed by atoms with Crippen LogP contribution in [0.4, 0.5) is 5.69 Å². The zero-order valence-electron chi connectivity index (χ0n) is 16.6. The maximum Gasteiger partial charge on any atom is 0.265 e. The molecule has 1 aliphatic heterocycles. The number of para-hydroxylation sites is 1. The van der Waals surface area contributed by atoms with E-state index in [2.05, 4.69) is 12.2 Å². The van der Waals surface area contributed by atoms with Crippen molar-refractivity contribution in [3.63, 3.8) is 0 Å². The van der Waals surface area contributed by atoms with Crippen LogP contribution in [0.3, 0.4) is 0 Å². The predicted molar refractivity (Wildman–Crippen MR) is 111 cm³/mol. The molecule has 1 heterocycles. The molecule has 28 heavy (non-hydrogen) atoms. The van der Waals surface area contributed by atoms with Gasteiger partial charge in [-0.1, -0.05) is 38.1 Å². The highest BCUT2D eigenvalue weighted by atomic mass is 16.5. The van der Waals surface area contributed by atoms with Gasteiger partial charge < -0.3 is 15.0 Å². The molecule has 0 bridgehead atoms. The second-order valence-corrected chi connectivity index (χ2v) is 7.05. The number of nitrogens with one attached hydrogen (secondary N) is 1. The number of anilines is 1. The van der Waals surface area contributed by atoms with Crippen LogP contribution in [-0.4, -0.2) is 35.9 Å². The first-order valence-corrected chi connectivity index (χ1v) is 10.1. The molecule has 0 saturated carbocycles. The van der Waals surface area contributed by atoms with Crippen LogP contribution in [0.25, 0.3) is 0 Å². The summed E-state index contributed by atoms with van der Waals surface area (Å²) in [6.07, 6.45) is 2.93. The minimum atomic E-state index is -0.623. The Morgan fingerprint density at radius 1 is 1.04 bits per heavy atom. The quantitative estimate of drug-likeness (QED) is 0.780. The van der Waals surface area contributed by atoms with Gasteiger partial charge in [-0.25, -0.2) is 0 Å². The molecule has 5 heteroatoms. The second kappa shape index (κ2) is 9.40. The molecule has 0 aliphatic carbocycles. The van der Waals surface area contributed by atoms with E-state index in [1.165, 1.54) is 5.56 Å². The molecule has 2 aromatic rings. The number of nitrogens with zero attached hydrogens (tertiary/aromatic N) is 1. The first kappa shape index (κ1) is 19.9. The standard InChI is InChI=1S/C23H28N2O3/c1-3-17-11-13-18(14-12-17)28-21(4-2)22(26)24-20-10-6-5-9-19(20)23(27)25-15-7-8-16-25/h5-6,9-14,21H,3-4,7-8,15-16H2,1-2H3,(H,24,26)/t21-/m0/s1. The maximum absolute atomic E-state index is 12.8. The number of carbonyl (C=O) groups excluding carboxylic acids is 2. The normalized spacial score (nSPS) is 14.6. The Bertz CT molecular complexity index is 811. The molecule has 1 N–H and O–H groups in total. The van der Waals surface area contributed by atoms with E-state index in [4.69, 9.17) is 4.74 Å². The van der Waals surface area contributed by atoms with Gasteiger partial charge in [0.2, 0.25) is 0 Å². The minimum Gasteiger partial charge on any atom is -0.481 e. The van der Waals surface area contributed by atoms with Crippen LogP contribution in [0.2, 0.25) is 0 Å². The zero-order chi connectivity index (χ0) is 19.9. The first-order valence-electron chi connectivity index (χ1n) is 10.1. The maximum atomic E-state index is 12.8. The Labute approximate surface area is 166 Å². The van der Waals surface area contributed by atoms with Gasteiger partial charge in [0, 0.05) is 13.1 Å². The third kappa shape index (κ3) is 4.71. The lowest BCUT2D eigenvalue weighted by Crippen LogP contribution is -2.34. The summed E-state index contributed by atoms with van der Waals surface area (Å²) in [5.41, 5.74) is 2.28. The van der Waals surface area contributed by atoms with Gasteiger partial charge in [-0.2, -0.15) is 0 Å². The van der Waals surface area contributed by atoms with E-state index in [1.807, 2.05) is 48.2 Å². The molecule has 1 saturated heterocycles. The van der Waals surface area contributed by atoms with Crippen molar-refractivity contribution in [2.24, 2.45) is 0 Å². The van der Waals surface area contributed by atoms with E-state index >= 15 is 0 Å². The molecular formula is C23H28N2O3. The lowest BCUT2D eigenvalue weighted by Gasteiger charge is -2.20. The van der Waals surface area contributed by atoms with Gasteiger partial charge in [0.05, 0.1) is 11.3 Å². The van der Waals surface area contributed by atoms with Gasteiger partial charge in [0.15, 0.2) is 6.10 Å². The van der Waals surface area contributed by atoms with E-state index in [-0.39, 0.29) is 11.8 Å². The van der Waals surface area contributed by atoms with Crippen molar-refractivity contribution in [3.05, 3.63) is 59.7 Å². The van der Waals surface area contributed by atoms with Crippen LogP contribution < -0.4 is 10.1 Å². The summed E-state index contributed by atoms with van der Waals surface area (Å²) in [6, 6.07) is 15.0. The number of amides is 2. The highest BCUT2D eigenvalue weighted by Crippen LogP contribution is 2.21. The van der Waals surface area contributed by atoms with Crippen molar-refractivity contribution < 1.29 is 14.3 Å². The summed E-state index contributed by atoms with van der Waals surface area (Å²) < 4.78 is 5.89. The summed E-state index contributed by atoms with van der Waals surface area (Å²) in [7, 11) is 0. The Morgan fingerprint density at radius 2 is 1.71 bits per heavy atom. The molecule has 2 aromatic carbocycles. The van der Waals surface area contributed by atoms with Gasteiger partial charge in [-0.3, -0.25) is 9.59 Å². The third-order valence-corrected chi connectivity index (χ3v) is 5.08. The van der Waals surface area contributed by atoms with Gasteiger partial charge in [-0.15, -0.1) is 0 Å². The summed E-state index contributed by atoms with van der Waals surface area (Å²) in [4.78, 5) is 27.4. The topological polar surface area (TPSA) is 58.6 Å². The summed E-state index contributed by atoms with van der Waals surface area (Å²) >= 11 is 0. The van der Waals surface area contributed by atoms with E-state index in [0.717, 1.165) is 32.4 Å². The fraction of sp³-hybridized carbons (Fsp3) is 0.391. The van der Waals surface area contributed by atoms with Crippen LogP contribution in [0.15, 0.2) is 48.5 Å². The molecule has 0 unspecified atom stereocenters. The summed E-state index contributed by atoms with van der Waals surface area (Å²) in [5.74, 6) is 0.391. The van der Waals surface area contributed by atoms with Crippen molar-refractivity contribution in [2.75, 3.05) is 18.4 Å². The smallest absolute Gasteiger partial charge is 0.265 e. The number of hydrogen-bond donors (Lipinski definition) is 1. The molecule has 0 spiro atoms. The van der Waals surface area contributed by atoms with Crippen LogP contribution in [0.1, 0.15) is 49.0 Å². The molecule has 0 aromatic heterocycles. The van der Waals surface area contributed by atoms with Gasteiger partial charge >= 0.3 is 0 Å². The fourth-order valence-electron chi connectivity index (χ4n) is 3.37. The van der Waals surface area contributed by atoms with Crippen molar-refractivity contribution in [1.29, 1.82) is 0 Å². The summed E-state index contributed by atoms with van der Waals surface area (Å²) in [6.45, 7) is 5.55. The van der Waals surface area contributed by atoms with E-state index in [0.29, 0.717) is 23.4 Å². The Kier molecular flexibility index (Phi) is 6.69. The zero-order valence-corrected chi connectivity index (χ0v) is 16.6. The Morgan fingerprint density at radius 3 is 2.36 bits per heavy atom. The number of carbonyl (C=O) groups is 2. The monoisotopic (exact) mass is 380 g/mol. The minimum absolute atomic E-state index is 0.0301. The Hall–Kier alpha value is -2.82. The molecule has 2 amide bonds. The second-order valence-electron chi connectivity index (χ2n) is 7.05. The molecule has 1 fully saturated rings. The molecule has 0 radical (unpaired) electrons. The predicted octanol–water partition coefficient (Wildman–Crippen LogP) is 4.28. The lowest BCUT2D eigenvalue weighted by atomic mass is 10.1. The van der Waals surface area contributed by atoms with Crippen molar-refractivity contribution in [2.45, 2.75) is 45.6 Å². The van der Waals surface area contributed by atoms with Crippen LogP contribution in [0.5, 0.6) is 5.75 Å². The van der Waals surface area contributed by atoms with Gasteiger partial charge in [-0.05, 0) is 55.5 Å². The highest BCUT2D eigenvalue weighted by Gasteiger charge is 2.24. The van der Waals surface area contributed by atoms with Crippen molar-refractivity contribution in [1.82, 2.24) is 4.90 Å². The number of aryl methyl sites for hydroxylation is 1. The third-order valence-electron chi connectivity index (χ3n) is 5.08. The van der Waals surface area contributed by atoms with E-state index in [9.17, 15) is 9.59 Å². The van der Waals surface area contributed by atoms with Gasteiger partial charge in [0.1, 0.15) is 5.75 Å². The molecule has 3 rings (SSSR count). The van der Waals surface area contributed by atoms with Crippen molar-refractivity contribution >= 4 is 17.5 Å². The highest BCUT2D eigenvalue weighted by molar-refractivity contribution is 6.04. The lowest BCUT2D eigenvalue weighted by molar-refractivity contribution is -0.122. The van der Waals surface area contributed by atoms with Crippen LogP contribution in [0, 0.1) is 0 Å². The number of ether oxygens (including phenoxy) is 1. The average Bonchev–Trinajstić information content (AvgIpc) is 3.27. The Balaban J connectivity index is 1.71. The average molecular weight is 380 g/mol. The molecule has 1 aliphatic rings. The van der Waals surface area contributed by atoms with Crippen LogP contribution >= 0.6 is 0 Å². The summed E-state index contributed by atoms with van der Waals surface area (Å²) in [5, 5.41) is 2.90. The first-order chi connectivity index (χ1) is 13.6. The molecular weight excluding hydrogens is 352 g/mol. The SMILES string of the molecule is CCc1ccc(O[C@@H](CC)C(=O)Nc2ccccc2C(=O)N2CCCC2)cc1. The number of hydrogen-bond acceptors (Lipinski definition) is 3. The van der Waals surface area contributed by atoms with Crippen molar-refractivity contribution in [3.8, 4) is 5.75 Å². The van der Waals surface area contributed by atoms with Gasteiger partial charge in [0.25, 0.3) is 11.8 Å². The molecule has 5 nitrogen and oxygen atoms in total. The molecule has 1 atom stereocenters. The van der Waals surface area contributed by atoms with E-state index < -0.39 is 6.10 Å². The number of likely N-dealkylation sites (tertiary alicyclic amines) is 1. The van der Waals surface area contributed by atoms with Crippen LogP contribution in [-0.2, 0) is 11.2 Å².